The molecule has 1 aliphatic heterocycles. The predicted molar refractivity (Wildman–Crippen MR) is 50.1 cm³/mol. The van der Waals surface area contributed by atoms with Gasteiger partial charge in [-0.2, -0.15) is 0 Å². The Kier molecular flexibility index (Phi) is 3.48. The third-order valence-electron chi connectivity index (χ3n) is 2.48. The number of rotatable bonds is 2. The van der Waals surface area contributed by atoms with Crippen molar-refractivity contribution in [3.05, 3.63) is 12.7 Å². The van der Waals surface area contributed by atoms with Crippen LogP contribution in [0.5, 0.6) is 0 Å². The second kappa shape index (κ2) is 4.41. The maximum absolute atomic E-state index is 11.5. The van der Waals surface area contributed by atoms with Gasteiger partial charge in [-0.3, -0.25) is 9.69 Å². The first-order valence-corrected chi connectivity index (χ1v) is 4.59. The minimum Gasteiger partial charge on any atom is -0.298 e. The molecule has 0 amide bonds. The highest BCUT2D eigenvalue weighted by Gasteiger charge is 2.23. The van der Waals surface area contributed by atoms with Crippen molar-refractivity contribution in [3.63, 3.8) is 0 Å². The molecule has 2 nitrogen and oxygen atoms in total. The molecule has 2 heteroatoms. The Morgan fingerprint density at radius 1 is 1.67 bits per heavy atom. The molecule has 12 heavy (non-hydrogen) atoms. The summed E-state index contributed by atoms with van der Waals surface area (Å²) in [5, 5.41) is 0. The largest absolute Gasteiger partial charge is 0.298 e. The zero-order chi connectivity index (χ0) is 8.97. The topological polar surface area (TPSA) is 20.3 Å². The molecular weight excluding hydrogens is 150 g/mol. The van der Waals surface area contributed by atoms with Crippen LogP contribution in [-0.4, -0.2) is 30.3 Å². The SMILES string of the molecule is C=CCC1C(=O)CCCCN1C. The van der Waals surface area contributed by atoms with Gasteiger partial charge in [0.1, 0.15) is 5.78 Å². The molecule has 1 saturated heterocycles. The molecule has 0 aromatic heterocycles. The zero-order valence-electron chi connectivity index (χ0n) is 7.75. The predicted octanol–water partition coefficient (Wildman–Crippen LogP) is 1.62. The van der Waals surface area contributed by atoms with Crippen molar-refractivity contribution in [1.82, 2.24) is 4.90 Å². The van der Waals surface area contributed by atoms with Gasteiger partial charge in [-0.1, -0.05) is 6.08 Å². The van der Waals surface area contributed by atoms with E-state index in [-0.39, 0.29) is 6.04 Å². The van der Waals surface area contributed by atoms with E-state index in [1.807, 2.05) is 13.1 Å². The molecule has 1 heterocycles. The number of ketones is 1. The van der Waals surface area contributed by atoms with E-state index in [4.69, 9.17) is 0 Å². The lowest BCUT2D eigenvalue weighted by Gasteiger charge is -2.22. The van der Waals surface area contributed by atoms with E-state index in [9.17, 15) is 4.79 Å². The van der Waals surface area contributed by atoms with E-state index in [0.717, 1.165) is 32.2 Å². The number of nitrogens with zero attached hydrogens (tertiary/aromatic N) is 1. The lowest BCUT2D eigenvalue weighted by molar-refractivity contribution is -0.123. The highest BCUT2D eigenvalue weighted by atomic mass is 16.1. The molecule has 0 aromatic carbocycles. The van der Waals surface area contributed by atoms with Crippen LogP contribution in [-0.2, 0) is 4.79 Å². The van der Waals surface area contributed by atoms with Crippen molar-refractivity contribution in [3.8, 4) is 0 Å². The molecule has 0 radical (unpaired) electrons. The molecule has 0 bridgehead atoms. The number of Topliss-reactive ketones (excluding diaryl/α,β-unsaturated/α-hetero) is 1. The molecule has 0 aliphatic carbocycles. The van der Waals surface area contributed by atoms with Crippen LogP contribution >= 0.6 is 0 Å². The smallest absolute Gasteiger partial charge is 0.150 e. The maximum atomic E-state index is 11.5. The van der Waals surface area contributed by atoms with Crippen LogP contribution in [0.1, 0.15) is 25.7 Å². The summed E-state index contributed by atoms with van der Waals surface area (Å²) in [6, 6.07) is 0.102. The Hall–Kier alpha value is -0.630. The summed E-state index contributed by atoms with van der Waals surface area (Å²) in [6.45, 7) is 4.72. The van der Waals surface area contributed by atoms with E-state index >= 15 is 0 Å². The lowest BCUT2D eigenvalue weighted by Crippen LogP contribution is -2.36. The number of likely N-dealkylation sites (tertiary alicyclic amines) is 1. The normalized spacial score (nSPS) is 26.8. The van der Waals surface area contributed by atoms with Gasteiger partial charge in [0.05, 0.1) is 6.04 Å². The van der Waals surface area contributed by atoms with Gasteiger partial charge in [0.25, 0.3) is 0 Å². The Morgan fingerprint density at radius 3 is 3.08 bits per heavy atom. The van der Waals surface area contributed by atoms with Crippen molar-refractivity contribution in [1.29, 1.82) is 0 Å². The van der Waals surface area contributed by atoms with Gasteiger partial charge < -0.3 is 0 Å². The Bertz CT molecular complexity index is 177. The molecule has 1 fully saturated rings. The van der Waals surface area contributed by atoms with E-state index < -0.39 is 0 Å². The standard InChI is InChI=1S/C10H17NO/c1-3-6-9-10(12)7-4-5-8-11(9)2/h3,9H,1,4-8H2,2H3. The first-order chi connectivity index (χ1) is 5.75. The zero-order valence-corrected chi connectivity index (χ0v) is 7.75. The summed E-state index contributed by atoms with van der Waals surface area (Å²) in [5.74, 6) is 0.384. The van der Waals surface area contributed by atoms with Gasteiger partial charge in [0.2, 0.25) is 0 Å². The van der Waals surface area contributed by atoms with Gasteiger partial charge in [0.15, 0.2) is 0 Å². The van der Waals surface area contributed by atoms with Crippen LogP contribution < -0.4 is 0 Å². The Morgan fingerprint density at radius 2 is 2.42 bits per heavy atom. The minimum absolute atomic E-state index is 0.102. The molecule has 1 atom stereocenters. The third-order valence-corrected chi connectivity index (χ3v) is 2.48. The van der Waals surface area contributed by atoms with Crippen LogP contribution in [0.4, 0.5) is 0 Å². The number of carbonyl (C=O) groups excluding carboxylic acids is 1. The highest BCUT2D eigenvalue weighted by molar-refractivity contribution is 5.84. The Balaban J connectivity index is 2.60. The molecule has 1 aliphatic rings. The molecule has 68 valence electrons. The van der Waals surface area contributed by atoms with Crippen molar-refractivity contribution in [2.24, 2.45) is 0 Å². The van der Waals surface area contributed by atoms with Crippen molar-refractivity contribution in [2.75, 3.05) is 13.6 Å². The van der Waals surface area contributed by atoms with Gasteiger partial charge >= 0.3 is 0 Å². The molecule has 0 saturated carbocycles. The van der Waals surface area contributed by atoms with Gasteiger partial charge in [-0.25, -0.2) is 0 Å². The van der Waals surface area contributed by atoms with Gasteiger partial charge in [-0.05, 0) is 32.9 Å². The number of likely N-dealkylation sites (N-methyl/N-ethyl adjacent to an activating group) is 1. The van der Waals surface area contributed by atoms with E-state index in [1.165, 1.54) is 0 Å². The quantitative estimate of drug-likeness (QED) is 0.582. The van der Waals surface area contributed by atoms with E-state index in [1.54, 1.807) is 0 Å². The summed E-state index contributed by atoms with van der Waals surface area (Å²) in [6.07, 6.45) is 5.59. The van der Waals surface area contributed by atoms with E-state index in [2.05, 4.69) is 11.5 Å². The average Bonchev–Trinajstić information content (AvgIpc) is 2.19. The summed E-state index contributed by atoms with van der Waals surface area (Å²) in [4.78, 5) is 13.7. The third kappa shape index (κ3) is 2.18. The fraction of sp³-hybridized carbons (Fsp3) is 0.700. The van der Waals surface area contributed by atoms with Crippen molar-refractivity contribution >= 4 is 5.78 Å². The molecule has 0 spiro atoms. The minimum atomic E-state index is 0.102. The number of hydrogen-bond acceptors (Lipinski definition) is 2. The van der Waals surface area contributed by atoms with Crippen molar-refractivity contribution < 1.29 is 4.79 Å². The van der Waals surface area contributed by atoms with Crippen LogP contribution in [0.15, 0.2) is 12.7 Å². The lowest BCUT2D eigenvalue weighted by atomic mass is 10.1. The number of carbonyl (C=O) groups is 1. The monoisotopic (exact) mass is 167 g/mol. The van der Waals surface area contributed by atoms with Crippen LogP contribution in [0, 0.1) is 0 Å². The first kappa shape index (κ1) is 9.46. The summed E-state index contributed by atoms with van der Waals surface area (Å²) in [7, 11) is 2.03. The molecule has 0 N–H and O–H groups in total. The van der Waals surface area contributed by atoms with Crippen LogP contribution in [0.2, 0.25) is 0 Å². The van der Waals surface area contributed by atoms with Crippen molar-refractivity contribution in [2.45, 2.75) is 31.7 Å². The first-order valence-electron chi connectivity index (χ1n) is 4.59. The maximum Gasteiger partial charge on any atom is 0.150 e. The second-order valence-corrected chi connectivity index (χ2v) is 3.44. The Labute approximate surface area is 74.2 Å². The average molecular weight is 167 g/mol. The summed E-state index contributed by atoms with van der Waals surface area (Å²) >= 11 is 0. The summed E-state index contributed by atoms with van der Waals surface area (Å²) < 4.78 is 0. The fourth-order valence-corrected chi connectivity index (χ4v) is 1.70. The van der Waals surface area contributed by atoms with Crippen LogP contribution in [0.25, 0.3) is 0 Å². The molecule has 1 rings (SSSR count). The molecule has 0 aromatic rings. The highest BCUT2D eigenvalue weighted by Crippen LogP contribution is 2.14. The number of hydrogen-bond donors (Lipinski definition) is 0. The molecule has 1 unspecified atom stereocenters. The molecular formula is C10H17NO. The van der Waals surface area contributed by atoms with Crippen LogP contribution in [0.3, 0.4) is 0 Å². The van der Waals surface area contributed by atoms with Gasteiger partial charge in [-0.15, -0.1) is 6.58 Å². The fourth-order valence-electron chi connectivity index (χ4n) is 1.70. The van der Waals surface area contributed by atoms with E-state index in [0.29, 0.717) is 5.78 Å². The van der Waals surface area contributed by atoms with Gasteiger partial charge in [0, 0.05) is 6.42 Å². The second-order valence-electron chi connectivity index (χ2n) is 3.44. The summed E-state index contributed by atoms with van der Waals surface area (Å²) in [5.41, 5.74) is 0.